The molecule has 1 aliphatic heterocycles. The summed E-state index contributed by atoms with van der Waals surface area (Å²) in [5.74, 6) is 0.0506. The number of hydrogen-bond donors (Lipinski definition) is 1. The zero-order chi connectivity index (χ0) is 14.7. The van der Waals surface area contributed by atoms with Crippen molar-refractivity contribution in [3.63, 3.8) is 0 Å². The van der Waals surface area contributed by atoms with Crippen LogP contribution >= 0.6 is 11.3 Å². The Bertz CT molecular complexity index is 591. The molecule has 4 nitrogen and oxygen atoms in total. The molecule has 2 aromatic rings. The lowest BCUT2D eigenvalue weighted by Crippen LogP contribution is -2.42. The topological polar surface area (TPSA) is 45.5 Å². The first-order valence-electron chi connectivity index (χ1n) is 7.44. The number of likely N-dealkylation sites (tertiary alicyclic amines) is 1. The second-order valence-electron chi connectivity index (χ2n) is 5.41. The molecule has 3 rings (SSSR count). The number of hydrogen-bond acceptors (Lipinski definition) is 3. The zero-order valence-electron chi connectivity index (χ0n) is 11.9. The molecule has 1 saturated heterocycles. The Morgan fingerprint density at radius 1 is 1.29 bits per heavy atom. The fourth-order valence-electron chi connectivity index (χ4n) is 2.93. The van der Waals surface area contributed by atoms with Crippen LogP contribution in [0.25, 0.3) is 5.69 Å². The number of carbonyl (C=O) groups excluding carboxylic acids is 1. The minimum absolute atomic E-state index is 0.0420. The van der Waals surface area contributed by atoms with Gasteiger partial charge in [-0.3, -0.25) is 4.79 Å². The van der Waals surface area contributed by atoms with Crippen LogP contribution in [0.5, 0.6) is 0 Å². The number of carbonyl (C=O) groups is 1. The maximum atomic E-state index is 12.9. The molecule has 0 aliphatic carbocycles. The van der Waals surface area contributed by atoms with Gasteiger partial charge in [0.1, 0.15) is 4.88 Å². The molecule has 1 N–H and O–H groups in total. The molecule has 21 heavy (non-hydrogen) atoms. The Labute approximate surface area is 128 Å². The predicted molar refractivity (Wildman–Crippen MR) is 84.0 cm³/mol. The van der Waals surface area contributed by atoms with Gasteiger partial charge < -0.3 is 14.6 Å². The van der Waals surface area contributed by atoms with Crippen LogP contribution < -0.4 is 0 Å². The largest absolute Gasteiger partial charge is 0.394 e. The summed E-state index contributed by atoms with van der Waals surface area (Å²) in [7, 11) is 0. The third kappa shape index (κ3) is 2.89. The van der Waals surface area contributed by atoms with Crippen molar-refractivity contribution in [2.24, 2.45) is 0 Å². The van der Waals surface area contributed by atoms with Crippen LogP contribution in [-0.4, -0.2) is 39.7 Å². The van der Waals surface area contributed by atoms with Gasteiger partial charge in [-0.25, -0.2) is 0 Å². The molecule has 0 saturated carbocycles. The van der Waals surface area contributed by atoms with Gasteiger partial charge in [-0.1, -0.05) is 12.8 Å². The monoisotopic (exact) mass is 304 g/mol. The van der Waals surface area contributed by atoms with Crippen LogP contribution in [0, 0.1) is 0 Å². The number of aliphatic hydroxyl groups is 1. The third-order valence-electron chi connectivity index (χ3n) is 4.07. The van der Waals surface area contributed by atoms with Gasteiger partial charge in [-0.15, -0.1) is 11.3 Å². The highest BCUT2D eigenvalue weighted by Crippen LogP contribution is 2.26. The number of nitrogens with zero attached hydrogens (tertiary/aromatic N) is 2. The lowest BCUT2D eigenvalue weighted by atomic mass is 10.1. The average molecular weight is 304 g/mol. The molecular weight excluding hydrogens is 284 g/mol. The molecule has 0 radical (unpaired) electrons. The number of rotatable bonds is 3. The molecule has 1 amide bonds. The van der Waals surface area contributed by atoms with Gasteiger partial charge in [0.2, 0.25) is 0 Å². The van der Waals surface area contributed by atoms with Crippen molar-refractivity contribution in [2.45, 2.75) is 31.7 Å². The van der Waals surface area contributed by atoms with Crippen LogP contribution in [0.1, 0.15) is 35.4 Å². The Kier molecular flexibility index (Phi) is 4.41. The molecule has 3 heterocycles. The van der Waals surface area contributed by atoms with Gasteiger partial charge in [0.05, 0.1) is 18.3 Å². The lowest BCUT2D eigenvalue weighted by molar-refractivity contribution is 0.0604. The first-order valence-corrected chi connectivity index (χ1v) is 8.32. The van der Waals surface area contributed by atoms with E-state index < -0.39 is 0 Å². The van der Waals surface area contributed by atoms with Crippen LogP contribution in [0.15, 0.2) is 36.0 Å². The molecule has 2 aromatic heterocycles. The van der Waals surface area contributed by atoms with Crippen molar-refractivity contribution in [1.29, 1.82) is 0 Å². The van der Waals surface area contributed by atoms with Gasteiger partial charge in [-0.2, -0.15) is 0 Å². The number of thiophene rings is 1. The van der Waals surface area contributed by atoms with E-state index in [0.29, 0.717) is 0 Å². The van der Waals surface area contributed by atoms with Gasteiger partial charge in [-0.05, 0) is 36.4 Å². The first-order chi connectivity index (χ1) is 10.3. The predicted octanol–water partition coefficient (Wildman–Crippen LogP) is 2.92. The number of amides is 1. The molecule has 1 aliphatic rings. The summed E-state index contributed by atoms with van der Waals surface area (Å²) in [5, 5.41) is 11.5. The van der Waals surface area contributed by atoms with E-state index in [1.54, 1.807) is 0 Å². The highest BCUT2D eigenvalue weighted by Gasteiger charge is 2.28. The van der Waals surface area contributed by atoms with Crippen LogP contribution in [0.4, 0.5) is 0 Å². The molecule has 1 unspecified atom stereocenters. The summed E-state index contributed by atoms with van der Waals surface area (Å²) in [5.41, 5.74) is 0.927. The third-order valence-corrected chi connectivity index (χ3v) is 4.96. The summed E-state index contributed by atoms with van der Waals surface area (Å²) in [6.45, 7) is 0.795. The number of aliphatic hydroxyl groups excluding tert-OH is 1. The average Bonchev–Trinajstić information content (AvgIpc) is 3.12. The van der Waals surface area contributed by atoms with E-state index in [1.165, 1.54) is 11.3 Å². The van der Waals surface area contributed by atoms with Crippen LogP contribution in [0.3, 0.4) is 0 Å². The normalized spacial score (nSPS) is 19.5. The summed E-state index contributed by atoms with van der Waals surface area (Å²) >= 11 is 1.48. The quantitative estimate of drug-likeness (QED) is 0.947. The smallest absolute Gasteiger partial charge is 0.266 e. The summed E-state index contributed by atoms with van der Waals surface area (Å²) in [6, 6.07) is 5.84. The zero-order valence-corrected chi connectivity index (χ0v) is 12.8. The summed E-state index contributed by atoms with van der Waals surface area (Å²) < 4.78 is 1.97. The van der Waals surface area contributed by atoms with E-state index in [2.05, 4.69) is 0 Å². The van der Waals surface area contributed by atoms with Crippen molar-refractivity contribution in [1.82, 2.24) is 9.47 Å². The van der Waals surface area contributed by atoms with E-state index in [4.69, 9.17) is 0 Å². The van der Waals surface area contributed by atoms with Gasteiger partial charge in [0, 0.05) is 18.9 Å². The standard InChI is InChI=1S/C16H20N2O2S/c19-12-13-6-2-1-3-10-18(13)16(20)15-14(7-11-21-15)17-8-4-5-9-17/h4-5,7-9,11,13,19H,1-3,6,10,12H2. The minimum Gasteiger partial charge on any atom is -0.394 e. The van der Waals surface area contributed by atoms with E-state index in [0.717, 1.165) is 42.8 Å². The highest BCUT2D eigenvalue weighted by molar-refractivity contribution is 7.12. The van der Waals surface area contributed by atoms with Crippen LogP contribution in [0.2, 0.25) is 0 Å². The van der Waals surface area contributed by atoms with Crippen molar-refractivity contribution in [2.75, 3.05) is 13.2 Å². The maximum absolute atomic E-state index is 12.9. The van der Waals surface area contributed by atoms with E-state index in [-0.39, 0.29) is 18.6 Å². The van der Waals surface area contributed by atoms with Crippen molar-refractivity contribution >= 4 is 17.2 Å². The fourth-order valence-corrected chi connectivity index (χ4v) is 3.77. The van der Waals surface area contributed by atoms with E-state index >= 15 is 0 Å². The Hall–Kier alpha value is -1.59. The molecule has 5 heteroatoms. The van der Waals surface area contributed by atoms with Crippen molar-refractivity contribution < 1.29 is 9.90 Å². The Morgan fingerprint density at radius 3 is 2.86 bits per heavy atom. The van der Waals surface area contributed by atoms with Gasteiger partial charge >= 0.3 is 0 Å². The second kappa shape index (κ2) is 6.45. The van der Waals surface area contributed by atoms with Crippen molar-refractivity contribution in [3.05, 3.63) is 40.8 Å². The minimum atomic E-state index is -0.0420. The van der Waals surface area contributed by atoms with Gasteiger partial charge in [0.25, 0.3) is 5.91 Å². The second-order valence-corrected chi connectivity index (χ2v) is 6.33. The SMILES string of the molecule is O=C(c1sccc1-n1cccc1)N1CCCCCC1CO. The molecule has 1 fully saturated rings. The Morgan fingerprint density at radius 2 is 2.10 bits per heavy atom. The van der Waals surface area contributed by atoms with Crippen LogP contribution in [-0.2, 0) is 0 Å². The molecule has 1 atom stereocenters. The van der Waals surface area contributed by atoms with E-state index in [9.17, 15) is 9.90 Å². The summed E-state index contributed by atoms with van der Waals surface area (Å²) in [4.78, 5) is 15.5. The first kappa shape index (κ1) is 14.4. The molecule has 0 bridgehead atoms. The summed E-state index contributed by atoms with van der Waals surface area (Å²) in [6.07, 6.45) is 8.04. The molecule has 0 spiro atoms. The fraction of sp³-hybridized carbons (Fsp3) is 0.438. The van der Waals surface area contributed by atoms with E-state index in [1.807, 2.05) is 45.4 Å². The molecule has 112 valence electrons. The lowest BCUT2D eigenvalue weighted by Gasteiger charge is -2.28. The van der Waals surface area contributed by atoms with Gasteiger partial charge in [0.15, 0.2) is 0 Å². The Balaban J connectivity index is 1.89. The molecule has 0 aromatic carbocycles. The van der Waals surface area contributed by atoms with Crippen molar-refractivity contribution in [3.8, 4) is 5.69 Å². The highest BCUT2D eigenvalue weighted by atomic mass is 32.1. The number of aromatic nitrogens is 1. The molecular formula is C16H20N2O2S. The maximum Gasteiger partial charge on any atom is 0.266 e.